The van der Waals surface area contributed by atoms with Crippen LogP contribution < -0.4 is 0 Å². The van der Waals surface area contributed by atoms with Gasteiger partial charge in [0.15, 0.2) is 0 Å². The summed E-state index contributed by atoms with van der Waals surface area (Å²) >= 11 is 0. The average Bonchev–Trinajstić information content (AvgIpc) is 2.69. The van der Waals surface area contributed by atoms with Gasteiger partial charge in [0.2, 0.25) is 0 Å². The predicted octanol–water partition coefficient (Wildman–Crippen LogP) is 1.98. The third-order valence-corrected chi connectivity index (χ3v) is 4.07. The second-order valence-corrected chi connectivity index (χ2v) is 5.12. The molecular weight excluding hydrogens is 230 g/mol. The number of aliphatic hydroxyl groups excluding tert-OH is 1. The molecule has 2 atom stereocenters. The fraction of sp³-hybridized carbons (Fsp3) is 0.500. The second-order valence-electron chi connectivity index (χ2n) is 5.12. The molecule has 1 aromatic carbocycles. The van der Waals surface area contributed by atoms with E-state index in [1.807, 2.05) is 37.3 Å². The van der Waals surface area contributed by atoms with Crippen LogP contribution in [-0.2, 0) is 6.42 Å². The van der Waals surface area contributed by atoms with Gasteiger partial charge in [-0.05, 0) is 31.2 Å². The summed E-state index contributed by atoms with van der Waals surface area (Å²) < 4.78 is 0. The van der Waals surface area contributed by atoms with E-state index in [0.717, 1.165) is 12.8 Å². The molecule has 4 heteroatoms. The minimum atomic E-state index is -0.942. The lowest BCUT2D eigenvalue weighted by molar-refractivity contribution is 0.0488. The maximum absolute atomic E-state index is 11.2. The van der Waals surface area contributed by atoms with E-state index in [4.69, 9.17) is 0 Å². The molecule has 1 heterocycles. The van der Waals surface area contributed by atoms with Crippen molar-refractivity contribution in [2.75, 3.05) is 13.2 Å². The lowest BCUT2D eigenvalue weighted by Crippen LogP contribution is -2.51. The minimum absolute atomic E-state index is 0.128. The fourth-order valence-corrected chi connectivity index (χ4v) is 2.82. The summed E-state index contributed by atoms with van der Waals surface area (Å²) in [4.78, 5) is 12.6. The van der Waals surface area contributed by atoms with Crippen LogP contribution in [0.1, 0.15) is 18.9 Å². The van der Waals surface area contributed by atoms with Crippen molar-refractivity contribution in [2.24, 2.45) is 5.92 Å². The maximum Gasteiger partial charge on any atom is 0.407 e. The number of rotatable bonds is 3. The first-order valence-corrected chi connectivity index (χ1v) is 6.23. The van der Waals surface area contributed by atoms with E-state index in [1.165, 1.54) is 10.5 Å². The molecule has 0 spiro atoms. The van der Waals surface area contributed by atoms with Gasteiger partial charge in [-0.25, -0.2) is 4.79 Å². The molecule has 1 aliphatic heterocycles. The van der Waals surface area contributed by atoms with Crippen LogP contribution in [0, 0.1) is 5.92 Å². The molecule has 2 rings (SSSR count). The summed E-state index contributed by atoms with van der Waals surface area (Å²) in [5.41, 5.74) is 0.524. The monoisotopic (exact) mass is 249 g/mol. The smallest absolute Gasteiger partial charge is 0.407 e. The van der Waals surface area contributed by atoms with E-state index in [0.29, 0.717) is 6.54 Å². The summed E-state index contributed by atoms with van der Waals surface area (Å²) in [5.74, 6) is 0.168. The highest BCUT2D eigenvalue weighted by Crippen LogP contribution is 2.36. The Labute approximate surface area is 107 Å². The summed E-state index contributed by atoms with van der Waals surface area (Å²) in [6.07, 6.45) is 0.669. The van der Waals surface area contributed by atoms with Gasteiger partial charge in [0, 0.05) is 6.54 Å². The molecule has 0 aromatic heterocycles. The number of hydrogen-bond donors (Lipinski definition) is 2. The van der Waals surface area contributed by atoms with E-state index in [9.17, 15) is 15.0 Å². The van der Waals surface area contributed by atoms with Crippen molar-refractivity contribution in [3.63, 3.8) is 0 Å². The number of aliphatic hydroxyl groups is 1. The predicted molar refractivity (Wildman–Crippen MR) is 68.5 cm³/mol. The van der Waals surface area contributed by atoms with Crippen molar-refractivity contribution in [3.05, 3.63) is 35.9 Å². The Kier molecular flexibility index (Phi) is 3.57. The average molecular weight is 249 g/mol. The van der Waals surface area contributed by atoms with Crippen LogP contribution in [0.3, 0.4) is 0 Å². The van der Waals surface area contributed by atoms with E-state index in [-0.39, 0.29) is 12.5 Å². The first-order valence-electron chi connectivity index (χ1n) is 6.23. The standard InChI is InChI=1S/C14H19NO3/c1-14(10-16)12(7-8-15(14)13(17)18)9-11-5-3-2-4-6-11/h2-6,12,16H,7-10H2,1H3,(H,17,18)/t12?,14-/m1/s1. The van der Waals surface area contributed by atoms with E-state index in [2.05, 4.69) is 0 Å². The van der Waals surface area contributed by atoms with Crippen LogP contribution in [0.15, 0.2) is 30.3 Å². The number of benzene rings is 1. The van der Waals surface area contributed by atoms with Gasteiger partial charge in [-0.1, -0.05) is 30.3 Å². The minimum Gasteiger partial charge on any atom is -0.465 e. The highest BCUT2D eigenvalue weighted by Gasteiger charge is 2.46. The van der Waals surface area contributed by atoms with Crippen molar-refractivity contribution < 1.29 is 15.0 Å². The highest BCUT2D eigenvalue weighted by molar-refractivity contribution is 5.66. The van der Waals surface area contributed by atoms with Crippen LogP contribution in [0.5, 0.6) is 0 Å². The zero-order valence-corrected chi connectivity index (χ0v) is 10.5. The van der Waals surface area contributed by atoms with Gasteiger partial charge in [0.25, 0.3) is 0 Å². The molecule has 2 N–H and O–H groups in total. The Morgan fingerprint density at radius 2 is 2.11 bits per heavy atom. The molecule has 98 valence electrons. The van der Waals surface area contributed by atoms with Crippen LogP contribution in [-0.4, -0.2) is 39.9 Å². The van der Waals surface area contributed by atoms with Gasteiger partial charge < -0.3 is 15.1 Å². The van der Waals surface area contributed by atoms with Crippen LogP contribution in [0.4, 0.5) is 4.79 Å². The van der Waals surface area contributed by atoms with Gasteiger partial charge in [0.1, 0.15) is 0 Å². The lowest BCUT2D eigenvalue weighted by atomic mass is 9.82. The lowest BCUT2D eigenvalue weighted by Gasteiger charge is -2.36. The molecule has 1 fully saturated rings. The maximum atomic E-state index is 11.2. The molecule has 1 aromatic rings. The fourth-order valence-electron chi connectivity index (χ4n) is 2.82. The summed E-state index contributed by atoms with van der Waals surface area (Å²) in [6.45, 7) is 2.21. The van der Waals surface area contributed by atoms with Crippen LogP contribution in [0.2, 0.25) is 0 Å². The van der Waals surface area contributed by atoms with Crippen molar-refractivity contribution in [2.45, 2.75) is 25.3 Å². The number of likely N-dealkylation sites (tertiary alicyclic amines) is 1. The van der Waals surface area contributed by atoms with E-state index < -0.39 is 11.6 Å². The van der Waals surface area contributed by atoms with Gasteiger partial charge in [0.05, 0.1) is 12.1 Å². The Balaban J connectivity index is 2.17. The summed E-state index contributed by atoms with van der Waals surface area (Å²) in [5, 5.41) is 18.8. The zero-order chi connectivity index (χ0) is 13.2. The molecule has 0 bridgehead atoms. The number of carbonyl (C=O) groups is 1. The van der Waals surface area contributed by atoms with Crippen LogP contribution in [0.25, 0.3) is 0 Å². The highest BCUT2D eigenvalue weighted by atomic mass is 16.4. The first kappa shape index (κ1) is 12.9. The molecule has 18 heavy (non-hydrogen) atoms. The number of nitrogens with zero attached hydrogens (tertiary/aromatic N) is 1. The molecule has 1 saturated heterocycles. The first-order chi connectivity index (χ1) is 8.58. The normalized spacial score (nSPS) is 27.4. The Morgan fingerprint density at radius 3 is 2.67 bits per heavy atom. The van der Waals surface area contributed by atoms with Crippen molar-refractivity contribution in [1.82, 2.24) is 4.90 Å². The van der Waals surface area contributed by atoms with Crippen molar-refractivity contribution in [1.29, 1.82) is 0 Å². The van der Waals surface area contributed by atoms with Gasteiger partial charge in [-0.3, -0.25) is 0 Å². The van der Waals surface area contributed by atoms with E-state index in [1.54, 1.807) is 0 Å². The van der Waals surface area contributed by atoms with Crippen molar-refractivity contribution in [3.8, 4) is 0 Å². The summed E-state index contributed by atoms with van der Waals surface area (Å²) in [6, 6.07) is 10.0. The molecule has 0 radical (unpaired) electrons. The van der Waals surface area contributed by atoms with Crippen LogP contribution >= 0.6 is 0 Å². The van der Waals surface area contributed by atoms with Gasteiger partial charge >= 0.3 is 6.09 Å². The molecule has 0 aliphatic carbocycles. The third-order valence-electron chi connectivity index (χ3n) is 4.07. The van der Waals surface area contributed by atoms with E-state index >= 15 is 0 Å². The van der Waals surface area contributed by atoms with Gasteiger partial charge in [-0.15, -0.1) is 0 Å². The molecular formula is C14H19NO3. The topological polar surface area (TPSA) is 60.8 Å². The number of carboxylic acid groups (broad SMARTS) is 1. The third kappa shape index (κ3) is 2.20. The number of amides is 1. The Hall–Kier alpha value is -1.55. The zero-order valence-electron chi connectivity index (χ0n) is 10.5. The molecule has 0 saturated carbocycles. The Morgan fingerprint density at radius 1 is 1.44 bits per heavy atom. The quantitative estimate of drug-likeness (QED) is 0.861. The molecule has 1 aliphatic rings. The largest absolute Gasteiger partial charge is 0.465 e. The van der Waals surface area contributed by atoms with Gasteiger partial charge in [-0.2, -0.15) is 0 Å². The summed E-state index contributed by atoms with van der Waals surface area (Å²) in [7, 11) is 0. The second kappa shape index (κ2) is 4.98. The molecule has 1 unspecified atom stereocenters. The molecule has 1 amide bonds. The van der Waals surface area contributed by atoms with Crippen molar-refractivity contribution >= 4 is 6.09 Å². The SMILES string of the molecule is C[C@@]1(CO)C(Cc2ccccc2)CCN1C(=O)O. The molecule has 4 nitrogen and oxygen atoms in total. The number of hydrogen-bond acceptors (Lipinski definition) is 2. The Bertz CT molecular complexity index is 420.